The molecule has 10 heavy (non-hydrogen) atoms. The molecule has 0 aromatic heterocycles. The maximum absolute atomic E-state index is 8.51. The molecule has 1 rings (SSSR count). The Balaban J connectivity index is 1.92. The molecule has 1 saturated heterocycles. The summed E-state index contributed by atoms with van der Waals surface area (Å²) in [4.78, 5) is 0. The lowest BCUT2D eigenvalue weighted by Gasteiger charge is -1.88. The van der Waals surface area contributed by atoms with E-state index in [2.05, 4.69) is 6.92 Å². The minimum Gasteiger partial charge on any atom is -0.396 e. The summed E-state index contributed by atoms with van der Waals surface area (Å²) >= 11 is 0. The molecule has 0 atom stereocenters. The lowest BCUT2D eigenvalue weighted by atomic mass is 10.1. The van der Waals surface area contributed by atoms with E-state index in [1.165, 1.54) is 12.8 Å². The van der Waals surface area contributed by atoms with Crippen LogP contribution in [0.4, 0.5) is 0 Å². The quantitative estimate of drug-likeness (QED) is 0.592. The highest BCUT2D eigenvalue weighted by molar-refractivity contribution is 5.18. The Labute approximate surface area is 62.2 Å². The third kappa shape index (κ3) is 2.27. The molecule has 2 nitrogen and oxygen atoms in total. The molecule has 0 aliphatic carbocycles. The molecule has 0 spiro atoms. The molecule has 0 unspecified atom stereocenters. The molecular weight excluding hydrogens is 128 g/mol. The minimum atomic E-state index is 0.213. The lowest BCUT2D eigenvalue weighted by Crippen LogP contribution is -1.84. The van der Waals surface area contributed by atoms with Crippen molar-refractivity contribution < 1.29 is 9.84 Å². The van der Waals surface area contributed by atoms with Gasteiger partial charge >= 0.3 is 0 Å². The van der Waals surface area contributed by atoms with E-state index in [0.717, 1.165) is 18.6 Å². The van der Waals surface area contributed by atoms with Gasteiger partial charge in [0.1, 0.15) is 12.2 Å². The van der Waals surface area contributed by atoms with Crippen LogP contribution in [0.25, 0.3) is 0 Å². The fraction of sp³-hybridized carbons (Fsp3) is 0.750. The van der Waals surface area contributed by atoms with Gasteiger partial charge in [0.15, 0.2) is 0 Å². The second kappa shape index (κ2) is 3.94. The SMILES string of the molecule is CCCC[C]1O[C]1CCO. The molecule has 1 N–H and O–H groups in total. The first-order chi connectivity index (χ1) is 4.88. The van der Waals surface area contributed by atoms with Gasteiger partial charge in [-0.05, 0) is 6.42 Å². The normalized spacial score (nSPS) is 19.8. The van der Waals surface area contributed by atoms with Crippen LogP contribution in [0.2, 0.25) is 0 Å². The number of aliphatic hydroxyl groups excluding tert-OH is 1. The number of ether oxygens (including phenoxy) is 1. The molecule has 0 aromatic rings. The highest BCUT2D eigenvalue weighted by Gasteiger charge is 2.39. The summed E-state index contributed by atoms with van der Waals surface area (Å²) in [7, 11) is 0. The number of hydrogen-bond donors (Lipinski definition) is 1. The van der Waals surface area contributed by atoms with Gasteiger partial charge in [-0.25, -0.2) is 0 Å². The van der Waals surface area contributed by atoms with Gasteiger partial charge in [0, 0.05) is 13.0 Å². The molecule has 0 saturated carbocycles. The molecule has 1 heterocycles. The van der Waals surface area contributed by atoms with Crippen molar-refractivity contribution in [2.75, 3.05) is 6.61 Å². The van der Waals surface area contributed by atoms with Crippen LogP contribution in [0.3, 0.4) is 0 Å². The maximum Gasteiger partial charge on any atom is 0.135 e. The first-order valence-corrected chi connectivity index (χ1v) is 3.89. The van der Waals surface area contributed by atoms with E-state index in [1.54, 1.807) is 0 Å². The number of epoxide rings is 1. The fourth-order valence-corrected chi connectivity index (χ4v) is 0.943. The van der Waals surface area contributed by atoms with E-state index in [4.69, 9.17) is 9.84 Å². The standard InChI is InChI=1S/C8H14O2/c1-2-3-4-7-8(10-7)5-6-9/h9H,2-6H2,1H3. The van der Waals surface area contributed by atoms with Crippen LogP contribution in [-0.2, 0) is 4.74 Å². The Bertz CT molecular complexity index is 93.3. The van der Waals surface area contributed by atoms with E-state index in [0.29, 0.717) is 6.42 Å². The molecule has 0 bridgehead atoms. The van der Waals surface area contributed by atoms with Crippen LogP contribution in [0, 0.1) is 12.2 Å². The monoisotopic (exact) mass is 142 g/mol. The van der Waals surface area contributed by atoms with Crippen LogP contribution >= 0.6 is 0 Å². The van der Waals surface area contributed by atoms with Gasteiger partial charge < -0.3 is 9.84 Å². The first-order valence-electron chi connectivity index (χ1n) is 3.89. The fourth-order valence-electron chi connectivity index (χ4n) is 0.943. The van der Waals surface area contributed by atoms with Crippen molar-refractivity contribution in [3.8, 4) is 0 Å². The summed E-state index contributed by atoms with van der Waals surface area (Å²) in [5.41, 5.74) is 0. The van der Waals surface area contributed by atoms with Crippen molar-refractivity contribution in [2.45, 2.75) is 32.6 Å². The number of hydrogen-bond acceptors (Lipinski definition) is 2. The van der Waals surface area contributed by atoms with Gasteiger partial charge in [0.2, 0.25) is 0 Å². The van der Waals surface area contributed by atoms with E-state index < -0.39 is 0 Å². The van der Waals surface area contributed by atoms with Crippen LogP contribution in [0.1, 0.15) is 32.6 Å². The Morgan fingerprint density at radius 1 is 1.30 bits per heavy atom. The summed E-state index contributed by atoms with van der Waals surface area (Å²) in [6.45, 7) is 2.37. The first kappa shape index (κ1) is 8.02. The molecule has 58 valence electrons. The highest BCUT2D eigenvalue weighted by Crippen LogP contribution is 2.44. The zero-order valence-corrected chi connectivity index (χ0v) is 6.39. The summed E-state index contributed by atoms with van der Waals surface area (Å²) in [5.74, 6) is 0. The van der Waals surface area contributed by atoms with Gasteiger partial charge in [-0.15, -0.1) is 0 Å². The summed E-state index contributed by atoms with van der Waals surface area (Å²) < 4.78 is 5.13. The van der Waals surface area contributed by atoms with E-state index >= 15 is 0 Å². The zero-order valence-electron chi connectivity index (χ0n) is 6.39. The van der Waals surface area contributed by atoms with Crippen molar-refractivity contribution in [3.05, 3.63) is 12.2 Å². The molecule has 1 aliphatic heterocycles. The van der Waals surface area contributed by atoms with Crippen LogP contribution in [-0.4, -0.2) is 11.7 Å². The average Bonchev–Trinajstić information content (AvgIpc) is 2.65. The number of rotatable bonds is 5. The van der Waals surface area contributed by atoms with E-state index in [1.807, 2.05) is 0 Å². The second-order valence-corrected chi connectivity index (χ2v) is 2.53. The van der Waals surface area contributed by atoms with Crippen molar-refractivity contribution in [2.24, 2.45) is 0 Å². The summed E-state index contributed by atoms with van der Waals surface area (Å²) in [6, 6.07) is 0. The third-order valence-electron chi connectivity index (χ3n) is 1.61. The van der Waals surface area contributed by atoms with Gasteiger partial charge in [-0.3, -0.25) is 0 Å². The van der Waals surface area contributed by atoms with Gasteiger partial charge in [-0.1, -0.05) is 19.8 Å². The Morgan fingerprint density at radius 3 is 2.60 bits per heavy atom. The van der Waals surface area contributed by atoms with Crippen LogP contribution in [0.5, 0.6) is 0 Å². The lowest BCUT2D eigenvalue weighted by molar-refractivity contribution is 0.284. The van der Waals surface area contributed by atoms with Gasteiger partial charge in [-0.2, -0.15) is 0 Å². The molecule has 2 heteroatoms. The molecule has 0 aromatic carbocycles. The topological polar surface area (TPSA) is 32.8 Å². The van der Waals surface area contributed by atoms with Crippen molar-refractivity contribution >= 4 is 0 Å². The Morgan fingerprint density at radius 2 is 2.00 bits per heavy atom. The van der Waals surface area contributed by atoms with Gasteiger partial charge in [0.05, 0.1) is 0 Å². The zero-order chi connectivity index (χ0) is 7.40. The van der Waals surface area contributed by atoms with E-state index in [-0.39, 0.29) is 6.61 Å². The van der Waals surface area contributed by atoms with Crippen LogP contribution in [0.15, 0.2) is 0 Å². The summed E-state index contributed by atoms with van der Waals surface area (Å²) in [5, 5.41) is 8.51. The average molecular weight is 142 g/mol. The molecule has 1 aliphatic rings. The number of unbranched alkanes of at least 4 members (excludes halogenated alkanes) is 1. The smallest absolute Gasteiger partial charge is 0.135 e. The summed E-state index contributed by atoms with van der Waals surface area (Å²) in [6.07, 6.45) is 6.32. The van der Waals surface area contributed by atoms with Gasteiger partial charge in [0.25, 0.3) is 0 Å². The van der Waals surface area contributed by atoms with Crippen molar-refractivity contribution in [1.29, 1.82) is 0 Å². The molecule has 2 radical (unpaired) electrons. The largest absolute Gasteiger partial charge is 0.396 e. The molecular formula is C8H14O2. The highest BCUT2D eigenvalue weighted by atomic mass is 16.6. The predicted octanol–water partition coefficient (Wildman–Crippen LogP) is 1.65. The van der Waals surface area contributed by atoms with Crippen LogP contribution < -0.4 is 0 Å². The van der Waals surface area contributed by atoms with Crippen molar-refractivity contribution in [3.63, 3.8) is 0 Å². The predicted molar refractivity (Wildman–Crippen MR) is 38.8 cm³/mol. The number of aliphatic hydroxyl groups is 1. The van der Waals surface area contributed by atoms with Crippen molar-refractivity contribution in [1.82, 2.24) is 0 Å². The van der Waals surface area contributed by atoms with E-state index in [9.17, 15) is 0 Å². The minimum absolute atomic E-state index is 0.213. The Hall–Kier alpha value is -0.0800. The second-order valence-electron chi connectivity index (χ2n) is 2.53. The Kier molecular flexibility index (Phi) is 3.16. The molecule has 1 fully saturated rings. The maximum atomic E-state index is 8.51. The molecule has 0 amide bonds. The third-order valence-corrected chi connectivity index (χ3v) is 1.61.